The number of likely N-dealkylation sites (tertiary alicyclic amines) is 1. The van der Waals surface area contributed by atoms with E-state index in [9.17, 15) is 4.79 Å². The van der Waals surface area contributed by atoms with Crippen LogP contribution in [0.15, 0.2) is 78.5 Å². The summed E-state index contributed by atoms with van der Waals surface area (Å²) in [6.07, 6.45) is 6.84. The molecule has 2 atom stereocenters. The Balaban J connectivity index is 1.13. The van der Waals surface area contributed by atoms with Crippen LogP contribution in [-0.2, 0) is 0 Å². The van der Waals surface area contributed by atoms with E-state index in [1.807, 2.05) is 48.2 Å². The summed E-state index contributed by atoms with van der Waals surface area (Å²) in [5, 5.41) is 3.22. The zero-order valence-corrected chi connectivity index (χ0v) is 18.9. The number of pyridine rings is 1. The monoisotopic (exact) mass is 439 g/mol. The van der Waals surface area contributed by atoms with E-state index in [0.717, 1.165) is 49.2 Å². The van der Waals surface area contributed by atoms with Crippen LogP contribution in [0.5, 0.6) is 11.6 Å². The minimum atomic E-state index is 0.0680. The van der Waals surface area contributed by atoms with E-state index in [1.165, 1.54) is 11.1 Å². The van der Waals surface area contributed by atoms with Crippen molar-refractivity contribution in [3.05, 3.63) is 95.2 Å². The van der Waals surface area contributed by atoms with Crippen LogP contribution in [-0.4, -0.2) is 35.0 Å². The number of carbonyl (C=O) groups is 1. The highest BCUT2D eigenvalue weighted by molar-refractivity contribution is 5.75. The van der Waals surface area contributed by atoms with Crippen LogP contribution in [0.3, 0.4) is 0 Å². The quantitative estimate of drug-likeness (QED) is 0.536. The number of aromatic nitrogens is 1. The van der Waals surface area contributed by atoms with Gasteiger partial charge in [-0.15, -0.1) is 0 Å². The lowest BCUT2D eigenvalue weighted by Gasteiger charge is -2.28. The van der Waals surface area contributed by atoms with Gasteiger partial charge < -0.3 is 15.0 Å². The number of nitrogens with zero attached hydrogens (tertiary/aromatic N) is 2. The molecule has 1 N–H and O–H groups in total. The Kier molecular flexibility index (Phi) is 6.11. The van der Waals surface area contributed by atoms with Gasteiger partial charge in [-0.3, -0.25) is 0 Å². The van der Waals surface area contributed by atoms with E-state index in [0.29, 0.717) is 11.8 Å². The Hall–Kier alpha value is -3.60. The highest BCUT2D eigenvalue weighted by Gasteiger charge is 2.40. The fourth-order valence-corrected chi connectivity index (χ4v) is 4.35. The number of urea groups is 1. The molecular weight excluding hydrogens is 410 g/mol. The molecule has 1 saturated carbocycles. The molecule has 1 unspecified atom stereocenters. The molecule has 2 aromatic carbocycles. The van der Waals surface area contributed by atoms with Crippen molar-refractivity contribution in [3.8, 4) is 11.6 Å². The number of hydrogen-bond donors (Lipinski definition) is 1. The van der Waals surface area contributed by atoms with Crippen LogP contribution >= 0.6 is 0 Å². The van der Waals surface area contributed by atoms with E-state index in [2.05, 4.69) is 46.7 Å². The van der Waals surface area contributed by atoms with Crippen molar-refractivity contribution in [2.24, 2.45) is 0 Å². The summed E-state index contributed by atoms with van der Waals surface area (Å²) < 4.78 is 5.89. The van der Waals surface area contributed by atoms with Gasteiger partial charge in [0, 0.05) is 37.3 Å². The lowest BCUT2D eigenvalue weighted by atomic mass is 10.0. The normalized spacial score (nSPS) is 19.7. The minimum absolute atomic E-state index is 0.0680. The van der Waals surface area contributed by atoms with E-state index >= 15 is 0 Å². The maximum absolute atomic E-state index is 12.7. The van der Waals surface area contributed by atoms with Gasteiger partial charge in [0.05, 0.1) is 0 Å². The van der Waals surface area contributed by atoms with Gasteiger partial charge in [0.15, 0.2) is 0 Å². The standard InChI is InChI=1S/C28H29N3O2/c1-20-10-11-27(29-19-20)33-24-9-5-6-22(17-24)16-21-12-14-31(15-13-21)28(32)30-26-18-25(26)23-7-3-2-4-8-23/h2-11,16-17,19,25-26H,12-15,18H2,1H3,(H,30,32)/t25?,26-/m1/s1. The number of carbonyl (C=O) groups excluding carboxylic acids is 1. The van der Waals surface area contributed by atoms with E-state index in [-0.39, 0.29) is 12.1 Å². The Bertz CT molecular complexity index is 1130. The largest absolute Gasteiger partial charge is 0.439 e. The molecule has 168 valence electrons. The highest BCUT2D eigenvalue weighted by atomic mass is 16.5. The summed E-state index contributed by atoms with van der Waals surface area (Å²) in [6, 6.07) is 22.7. The molecule has 5 heteroatoms. The smallest absolute Gasteiger partial charge is 0.317 e. The third kappa shape index (κ3) is 5.43. The number of nitrogens with one attached hydrogen (secondary N) is 1. The predicted molar refractivity (Wildman–Crippen MR) is 130 cm³/mol. The second-order valence-corrected chi connectivity index (χ2v) is 8.95. The summed E-state index contributed by atoms with van der Waals surface area (Å²) in [5.41, 5.74) is 4.89. The first-order valence-electron chi connectivity index (χ1n) is 11.6. The highest BCUT2D eigenvalue weighted by Crippen LogP contribution is 2.40. The molecule has 1 aromatic heterocycles. The lowest BCUT2D eigenvalue weighted by Crippen LogP contribution is -2.44. The molecule has 2 heterocycles. The second kappa shape index (κ2) is 9.49. The number of aryl methyl sites for hydroxylation is 1. The molecule has 1 saturated heterocycles. The summed E-state index contributed by atoms with van der Waals surface area (Å²) in [4.78, 5) is 19.0. The van der Waals surface area contributed by atoms with E-state index in [4.69, 9.17) is 4.74 Å². The van der Waals surface area contributed by atoms with Crippen molar-refractivity contribution in [1.82, 2.24) is 15.2 Å². The van der Waals surface area contributed by atoms with Gasteiger partial charge >= 0.3 is 6.03 Å². The van der Waals surface area contributed by atoms with Crippen LogP contribution < -0.4 is 10.1 Å². The molecular formula is C28H29N3O2. The number of benzene rings is 2. The van der Waals surface area contributed by atoms with E-state index < -0.39 is 0 Å². The maximum Gasteiger partial charge on any atom is 0.317 e. The SMILES string of the molecule is Cc1ccc(Oc2cccc(C=C3CCN(C(=O)N[C@@H]4CC4c4ccccc4)CC3)c2)nc1. The zero-order chi connectivity index (χ0) is 22.6. The van der Waals surface area contributed by atoms with Gasteiger partial charge in [-0.05, 0) is 55.0 Å². The third-order valence-electron chi connectivity index (χ3n) is 6.36. The average molecular weight is 440 g/mol. The van der Waals surface area contributed by atoms with Gasteiger partial charge in [0.25, 0.3) is 0 Å². The third-order valence-corrected chi connectivity index (χ3v) is 6.36. The average Bonchev–Trinajstić information content (AvgIpc) is 3.61. The van der Waals surface area contributed by atoms with Crippen molar-refractivity contribution in [1.29, 1.82) is 0 Å². The fraction of sp³-hybridized carbons (Fsp3) is 0.286. The molecule has 2 fully saturated rings. The zero-order valence-electron chi connectivity index (χ0n) is 18.9. The van der Waals surface area contributed by atoms with Crippen LogP contribution in [0, 0.1) is 6.92 Å². The van der Waals surface area contributed by atoms with Crippen molar-refractivity contribution in [2.75, 3.05) is 13.1 Å². The molecule has 0 radical (unpaired) electrons. The predicted octanol–water partition coefficient (Wildman–Crippen LogP) is 5.93. The molecule has 33 heavy (non-hydrogen) atoms. The van der Waals surface area contributed by atoms with Gasteiger partial charge in [-0.2, -0.15) is 0 Å². The minimum Gasteiger partial charge on any atom is -0.439 e. The molecule has 5 rings (SSSR count). The van der Waals surface area contributed by atoms with Crippen molar-refractivity contribution >= 4 is 12.1 Å². The Morgan fingerprint density at radius 2 is 1.88 bits per heavy atom. The first kappa shape index (κ1) is 21.3. The Labute approximate surface area is 195 Å². The van der Waals surface area contributed by atoms with Gasteiger partial charge in [0.2, 0.25) is 5.88 Å². The molecule has 0 bridgehead atoms. The summed E-state index contributed by atoms with van der Waals surface area (Å²) in [7, 11) is 0. The molecule has 2 amide bonds. The second-order valence-electron chi connectivity index (χ2n) is 8.95. The van der Waals surface area contributed by atoms with Crippen molar-refractivity contribution < 1.29 is 9.53 Å². The van der Waals surface area contributed by atoms with Crippen molar-refractivity contribution in [3.63, 3.8) is 0 Å². The Morgan fingerprint density at radius 1 is 1.06 bits per heavy atom. The van der Waals surface area contributed by atoms with Crippen LogP contribution in [0.4, 0.5) is 4.79 Å². The number of piperidine rings is 1. The van der Waals surface area contributed by atoms with Crippen molar-refractivity contribution in [2.45, 2.75) is 38.1 Å². The first-order chi connectivity index (χ1) is 16.1. The van der Waals surface area contributed by atoms with Crippen LogP contribution in [0.2, 0.25) is 0 Å². The molecule has 2 aliphatic rings. The summed E-state index contributed by atoms with van der Waals surface area (Å²) in [6.45, 7) is 3.51. The molecule has 1 aliphatic heterocycles. The molecule has 5 nitrogen and oxygen atoms in total. The van der Waals surface area contributed by atoms with Crippen LogP contribution in [0.1, 0.15) is 41.9 Å². The van der Waals surface area contributed by atoms with E-state index in [1.54, 1.807) is 6.20 Å². The lowest BCUT2D eigenvalue weighted by molar-refractivity contribution is 0.193. The van der Waals surface area contributed by atoms with Gasteiger partial charge in [-0.1, -0.05) is 60.2 Å². The van der Waals surface area contributed by atoms with Gasteiger partial charge in [-0.25, -0.2) is 9.78 Å². The molecule has 0 spiro atoms. The number of rotatable bonds is 5. The van der Waals surface area contributed by atoms with Gasteiger partial charge in [0.1, 0.15) is 5.75 Å². The fourth-order valence-electron chi connectivity index (χ4n) is 4.35. The summed E-state index contributed by atoms with van der Waals surface area (Å²) >= 11 is 0. The number of amides is 2. The topological polar surface area (TPSA) is 54.5 Å². The summed E-state index contributed by atoms with van der Waals surface area (Å²) in [5.74, 6) is 1.82. The maximum atomic E-state index is 12.7. The first-order valence-corrected chi connectivity index (χ1v) is 11.6. The van der Waals surface area contributed by atoms with Crippen LogP contribution in [0.25, 0.3) is 6.08 Å². The Morgan fingerprint density at radius 3 is 2.64 bits per heavy atom. The number of hydrogen-bond acceptors (Lipinski definition) is 3. The molecule has 3 aromatic rings. The number of ether oxygens (including phenoxy) is 1. The molecule has 1 aliphatic carbocycles.